The molecule has 2 rings (SSSR count). The molecule has 0 radical (unpaired) electrons. The molecule has 1 fully saturated rings. The fraction of sp³-hybridized carbons (Fsp3) is 0.636. The molecule has 0 aliphatic carbocycles. The van der Waals surface area contributed by atoms with Crippen molar-refractivity contribution >= 4 is 29.2 Å². The first-order valence-electron chi connectivity index (χ1n) is 5.46. The van der Waals surface area contributed by atoms with E-state index in [4.69, 9.17) is 11.6 Å². The van der Waals surface area contributed by atoms with Crippen LogP contribution in [-0.4, -0.2) is 33.6 Å². The van der Waals surface area contributed by atoms with Crippen LogP contribution < -0.4 is 4.90 Å². The van der Waals surface area contributed by atoms with Crippen LogP contribution in [0, 0.1) is 0 Å². The van der Waals surface area contributed by atoms with Crippen molar-refractivity contribution in [2.75, 3.05) is 18.0 Å². The molecule has 0 spiro atoms. The highest BCUT2D eigenvalue weighted by Crippen LogP contribution is 2.27. The van der Waals surface area contributed by atoms with Gasteiger partial charge in [0.25, 0.3) is 0 Å². The minimum Gasteiger partial charge on any atom is -0.353 e. The molecule has 3 nitrogen and oxygen atoms in total. The molecule has 1 saturated heterocycles. The van der Waals surface area contributed by atoms with Crippen LogP contribution in [0.4, 0.5) is 5.82 Å². The van der Waals surface area contributed by atoms with Crippen molar-refractivity contribution in [3.05, 3.63) is 18.1 Å². The van der Waals surface area contributed by atoms with Gasteiger partial charge in [-0.3, -0.25) is 4.98 Å². The lowest BCUT2D eigenvalue weighted by Crippen LogP contribution is -2.40. The van der Waals surface area contributed by atoms with Crippen molar-refractivity contribution in [2.24, 2.45) is 0 Å². The van der Waals surface area contributed by atoms with E-state index < -0.39 is 0 Å². The Balaban J connectivity index is 2.10. The Hall–Kier alpha value is -0.480. The van der Waals surface area contributed by atoms with Gasteiger partial charge in [-0.2, -0.15) is 11.8 Å². The summed E-state index contributed by atoms with van der Waals surface area (Å²) < 4.78 is 0. The summed E-state index contributed by atoms with van der Waals surface area (Å²) in [6.07, 6.45) is 3.59. The maximum absolute atomic E-state index is 5.69. The third-order valence-electron chi connectivity index (χ3n) is 2.57. The van der Waals surface area contributed by atoms with Gasteiger partial charge in [-0.05, 0) is 0 Å². The fourth-order valence-electron chi connectivity index (χ4n) is 1.95. The topological polar surface area (TPSA) is 29.0 Å². The summed E-state index contributed by atoms with van der Waals surface area (Å²) in [6.45, 7) is 6.61. The minimum atomic E-state index is 0.427. The highest BCUT2D eigenvalue weighted by molar-refractivity contribution is 8.00. The predicted octanol–water partition coefficient (Wildman–Crippen LogP) is 2.55. The van der Waals surface area contributed by atoms with E-state index >= 15 is 0 Å². The summed E-state index contributed by atoms with van der Waals surface area (Å²) >= 11 is 7.73. The zero-order chi connectivity index (χ0) is 11.5. The van der Waals surface area contributed by atoms with E-state index in [9.17, 15) is 0 Å². The van der Waals surface area contributed by atoms with E-state index in [1.807, 2.05) is 18.0 Å². The van der Waals surface area contributed by atoms with Crippen molar-refractivity contribution in [3.63, 3.8) is 0 Å². The molecule has 2 heterocycles. The van der Waals surface area contributed by atoms with Gasteiger partial charge >= 0.3 is 0 Å². The molecule has 16 heavy (non-hydrogen) atoms. The molecule has 0 N–H and O–H groups in total. The van der Waals surface area contributed by atoms with Crippen LogP contribution in [0.2, 0.25) is 0 Å². The zero-order valence-electron chi connectivity index (χ0n) is 9.56. The minimum absolute atomic E-state index is 0.427. The molecule has 0 saturated carbocycles. The number of aromatic nitrogens is 2. The molecule has 88 valence electrons. The number of halogens is 1. The third kappa shape index (κ3) is 2.80. The Bertz CT molecular complexity index is 334. The second-order valence-electron chi connectivity index (χ2n) is 4.16. The number of alkyl halides is 1. The summed E-state index contributed by atoms with van der Waals surface area (Å²) in [4.78, 5) is 11.0. The number of thioether (sulfide) groups is 1. The molecule has 1 aromatic heterocycles. The lowest BCUT2D eigenvalue weighted by molar-refractivity contribution is 0.715. The molecular weight excluding hydrogens is 242 g/mol. The quantitative estimate of drug-likeness (QED) is 0.762. The Morgan fingerprint density at radius 3 is 2.50 bits per heavy atom. The predicted molar refractivity (Wildman–Crippen MR) is 70.3 cm³/mol. The second-order valence-corrected chi connectivity index (χ2v) is 6.31. The van der Waals surface area contributed by atoms with Gasteiger partial charge in [-0.25, -0.2) is 4.98 Å². The van der Waals surface area contributed by atoms with Crippen LogP contribution in [-0.2, 0) is 5.88 Å². The van der Waals surface area contributed by atoms with Gasteiger partial charge in [0.05, 0.1) is 24.0 Å². The summed E-state index contributed by atoms with van der Waals surface area (Å²) in [5.74, 6) is 1.39. The number of hydrogen-bond acceptors (Lipinski definition) is 4. The van der Waals surface area contributed by atoms with Crippen LogP contribution in [0.25, 0.3) is 0 Å². The van der Waals surface area contributed by atoms with Crippen LogP contribution in [0.3, 0.4) is 0 Å². The van der Waals surface area contributed by atoms with Gasteiger partial charge in [0, 0.05) is 23.6 Å². The van der Waals surface area contributed by atoms with Gasteiger partial charge < -0.3 is 4.90 Å². The zero-order valence-corrected chi connectivity index (χ0v) is 11.1. The Kier molecular flexibility index (Phi) is 3.92. The summed E-state index contributed by atoms with van der Waals surface area (Å²) in [6, 6.07) is 0. The van der Waals surface area contributed by atoms with Crippen molar-refractivity contribution < 1.29 is 0 Å². The van der Waals surface area contributed by atoms with E-state index in [-0.39, 0.29) is 0 Å². The maximum atomic E-state index is 5.69. The SMILES string of the molecule is CC1CN(c2cnc(CCl)cn2)CC(C)S1. The van der Waals surface area contributed by atoms with E-state index in [0.717, 1.165) is 24.6 Å². The monoisotopic (exact) mass is 257 g/mol. The van der Waals surface area contributed by atoms with Crippen molar-refractivity contribution in [2.45, 2.75) is 30.2 Å². The number of hydrogen-bond donors (Lipinski definition) is 0. The van der Waals surface area contributed by atoms with Gasteiger partial charge in [-0.15, -0.1) is 11.6 Å². The van der Waals surface area contributed by atoms with Crippen LogP contribution in [0.1, 0.15) is 19.5 Å². The van der Waals surface area contributed by atoms with Gasteiger partial charge in [0.15, 0.2) is 0 Å². The molecule has 0 aromatic carbocycles. The molecule has 1 aliphatic rings. The maximum Gasteiger partial charge on any atom is 0.147 e. The van der Waals surface area contributed by atoms with Crippen LogP contribution >= 0.6 is 23.4 Å². The first-order chi connectivity index (χ1) is 7.69. The first kappa shape index (κ1) is 12.0. The van der Waals surface area contributed by atoms with Crippen molar-refractivity contribution in [1.29, 1.82) is 0 Å². The van der Waals surface area contributed by atoms with Crippen molar-refractivity contribution in [3.8, 4) is 0 Å². The Labute approximate surface area is 106 Å². The average Bonchev–Trinajstić information content (AvgIpc) is 2.28. The fourth-order valence-corrected chi connectivity index (χ4v) is 3.41. The lowest BCUT2D eigenvalue weighted by Gasteiger charge is -2.35. The summed E-state index contributed by atoms with van der Waals surface area (Å²) in [7, 11) is 0. The molecule has 2 unspecified atom stereocenters. The average molecular weight is 258 g/mol. The molecule has 1 aliphatic heterocycles. The van der Waals surface area contributed by atoms with Gasteiger partial charge in [0.1, 0.15) is 5.82 Å². The van der Waals surface area contributed by atoms with Crippen LogP contribution in [0.5, 0.6) is 0 Å². The molecule has 0 bridgehead atoms. The smallest absolute Gasteiger partial charge is 0.147 e. The molecule has 0 amide bonds. The second kappa shape index (κ2) is 5.23. The number of rotatable bonds is 2. The lowest BCUT2D eigenvalue weighted by atomic mass is 10.3. The third-order valence-corrected chi connectivity index (χ3v) is 4.07. The molecule has 2 atom stereocenters. The van der Waals surface area contributed by atoms with Gasteiger partial charge in [0.2, 0.25) is 0 Å². The standard InChI is InChI=1S/C11H16ClN3S/c1-8-6-15(7-9(2)16-8)11-5-13-10(3-12)4-14-11/h4-5,8-9H,3,6-7H2,1-2H3. The van der Waals surface area contributed by atoms with E-state index in [1.165, 1.54) is 0 Å². The highest BCUT2D eigenvalue weighted by Gasteiger charge is 2.23. The normalized spacial score (nSPS) is 25.8. The van der Waals surface area contributed by atoms with E-state index in [0.29, 0.717) is 16.4 Å². The largest absolute Gasteiger partial charge is 0.353 e. The molecular formula is C11H16ClN3S. The number of anilines is 1. The highest BCUT2D eigenvalue weighted by atomic mass is 35.5. The molecule has 5 heteroatoms. The summed E-state index contributed by atoms with van der Waals surface area (Å²) in [5.41, 5.74) is 0.831. The van der Waals surface area contributed by atoms with Crippen molar-refractivity contribution in [1.82, 2.24) is 9.97 Å². The van der Waals surface area contributed by atoms with E-state index in [2.05, 4.69) is 28.7 Å². The van der Waals surface area contributed by atoms with Gasteiger partial charge in [-0.1, -0.05) is 13.8 Å². The summed E-state index contributed by atoms with van der Waals surface area (Å²) in [5, 5.41) is 1.30. The number of nitrogens with zero attached hydrogens (tertiary/aromatic N) is 3. The molecule has 1 aromatic rings. The van der Waals surface area contributed by atoms with E-state index in [1.54, 1.807) is 6.20 Å². The Morgan fingerprint density at radius 1 is 1.31 bits per heavy atom. The Morgan fingerprint density at radius 2 is 2.00 bits per heavy atom. The first-order valence-corrected chi connectivity index (χ1v) is 6.94. The van der Waals surface area contributed by atoms with Crippen LogP contribution in [0.15, 0.2) is 12.4 Å².